The van der Waals surface area contributed by atoms with E-state index in [0.717, 1.165) is 5.92 Å². The molecule has 60 valence electrons. The van der Waals surface area contributed by atoms with Crippen LogP contribution in [0, 0.1) is 5.92 Å². The Kier molecular flexibility index (Phi) is 2.11. The molecule has 0 N–H and O–H groups in total. The SMILES string of the molecule is C1=CCCC(C2CCCC2)=C1. The van der Waals surface area contributed by atoms with Gasteiger partial charge in [-0.05, 0) is 31.6 Å². The summed E-state index contributed by atoms with van der Waals surface area (Å²) in [6.45, 7) is 0. The Hall–Kier alpha value is -0.520. The molecule has 0 saturated heterocycles. The second-order valence-electron chi connectivity index (χ2n) is 3.69. The average molecular weight is 148 g/mol. The predicted molar refractivity (Wildman–Crippen MR) is 48.4 cm³/mol. The lowest BCUT2D eigenvalue weighted by molar-refractivity contribution is 0.609. The molecule has 0 spiro atoms. The molecule has 2 rings (SSSR count). The average Bonchev–Trinajstić information content (AvgIpc) is 2.58. The lowest BCUT2D eigenvalue weighted by Gasteiger charge is -2.15. The minimum absolute atomic E-state index is 0.958. The Balaban J connectivity index is 2.02. The highest BCUT2D eigenvalue weighted by molar-refractivity contribution is 5.20. The maximum absolute atomic E-state index is 2.35. The first-order valence-corrected chi connectivity index (χ1v) is 4.82. The zero-order valence-electron chi connectivity index (χ0n) is 7.05. The summed E-state index contributed by atoms with van der Waals surface area (Å²) >= 11 is 0. The minimum atomic E-state index is 0.958. The van der Waals surface area contributed by atoms with Crippen LogP contribution in [0.4, 0.5) is 0 Å². The van der Waals surface area contributed by atoms with Gasteiger partial charge in [0.2, 0.25) is 0 Å². The smallest absolute Gasteiger partial charge is 0.0200 e. The van der Waals surface area contributed by atoms with E-state index in [1.807, 2.05) is 0 Å². The minimum Gasteiger partial charge on any atom is -0.0842 e. The first-order valence-electron chi connectivity index (χ1n) is 4.82. The third-order valence-electron chi connectivity index (χ3n) is 2.93. The van der Waals surface area contributed by atoms with Gasteiger partial charge in [0.05, 0.1) is 0 Å². The van der Waals surface area contributed by atoms with E-state index in [1.54, 1.807) is 5.57 Å². The Bertz CT molecular complexity index is 180. The fourth-order valence-electron chi connectivity index (χ4n) is 2.26. The summed E-state index contributed by atoms with van der Waals surface area (Å²) in [5.74, 6) is 0.958. The highest BCUT2D eigenvalue weighted by Gasteiger charge is 2.18. The van der Waals surface area contributed by atoms with Gasteiger partial charge in [0.15, 0.2) is 0 Å². The van der Waals surface area contributed by atoms with Gasteiger partial charge in [-0.25, -0.2) is 0 Å². The molecule has 0 aromatic carbocycles. The lowest BCUT2D eigenvalue weighted by Crippen LogP contribution is -1.99. The molecule has 0 unspecified atom stereocenters. The first kappa shape index (κ1) is 7.15. The van der Waals surface area contributed by atoms with Crippen molar-refractivity contribution in [1.82, 2.24) is 0 Å². The number of rotatable bonds is 1. The first-order chi connectivity index (χ1) is 5.47. The molecule has 0 atom stereocenters. The van der Waals surface area contributed by atoms with E-state index in [0.29, 0.717) is 0 Å². The van der Waals surface area contributed by atoms with Gasteiger partial charge in [-0.3, -0.25) is 0 Å². The van der Waals surface area contributed by atoms with Crippen molar-refractivity contribution in [2.75, 3.05) is 0 Å². The Morgan fingerprint density at radius 3 is 2.64 bits per heavy atom. The van der Waals surface area contributed by atoms with Crippen LogP contribution in [0.2, 0.25) is 0 Å². The van der Waals surface area contributed by atoms with Crippen LogP contribution in [0.5, 0.6) is 0 Å². The van der Waals surface area contributed by atoms with Crippen molar-refractivity contribution in [3.63, 3.8) is 0 Å². The summed E-state index contributed by atoms with van der Waals surface area (Å²) in [6, 6.07) is 0. The van der Waals surface area contributed by atoms with E-state index in [9.17, 15) is 0 Å². The molecule has 1 fully saturated rings. The summed E-state index contributed by atoms with van der Waals surface area (Å²) in [6.07, 6.45) is 15.3. The molecule has 11 heavy (non-hydrogen) atoms. The van der Waals surface area contributed by atoms with Crippen LogP contribution in [-0.4, -0.2) is 0 Å². The predicted octanol–water partition coefficient (Wildman–Crippen LogP) is 3.45. The Morgan fingerprint density at radius 1 is 1.18 bits per heavy atom. The maximum atomic E-state index is 2.35. The molecular weight excluding hydrogens is 132 g/mol. The summed E-state index contributed by atoms with van der Waals surface area (Å²) < 4.78 is 0. The molecule has 0 bridgehead atoms. The van der Waals surface area contributed by atoms with Crippen molar-refractivity contribution < 1.29 is 0 Å². The Morgan fingerprint density at radius 2 is 2.00 bits per heavy atom. The molecule has 0 aromatic heterocycles. The van der Waals surface area contributed by atoms with Crippen LogP contribution < -0.4 is 0 Å². The largest absolute Gasteiger partial charge is 0.0842 e. The van der Waals surface area contributed by atoms with Crippen molar-refractivity contribution in [1.29, 1.82) is 0 Å². The van der Waals surface area contributed by atoms with Crippen molar-refractivity contribution in [3.05, 3.63) is 23.8 Å². The third kappa shape index (κ3) is 1.55. The molecule has 0 aliphatic heterocycles. The molecule has 0 heterocycles. The van der Waals surface area contributed by atoms with E-state index >= 15 is 0 Å². The van der Waals surface area contributed by atoms with Gasteiger partial charge in [0, 0.05) is 0 Å². The molecule has 0 heteroatoms. The Labute approximate surface area is 69.0 Å². The van der Waals surface area contributed by atoms with Crippen LogP contribution in [0.15, 0.2) is 23.8 Å². The standard InChI is InChI=1S/C11H16/c1-2-6-10(7-3-1)11-8-4-5-9-11/h1-2,6,11H,3-5,7-9H2. The quantitative estimate of drug-likeness (QED) is 0.534. The molecular formula is C11H16. The maximum Gasteiger partial charge on any atom is -0.0200 e. The number of hydrogen-bond acceptors (Lipinski definition) is 0. The van der Waals surface area contributed by atoms with Crippen LogP contribution in [0.25, 0.3) is 0 Å². The summed E-state index contributed by atoms with van der Waals surface area (Å²) in [5.41, 5.74) is 1.73. The van der Waals surface area contributed by atoms with Gasteiger partial charge in [0.25, 0.3) is 0 Å². The summed E-state index contributed by atoms with van der Waals surface area (Å²) in [7, 11) is 0. The lowest BCUT2D eigenvalue weighted by atomic mass is 9.91. The molecule has 1 saturated carbocycles. The fraction of sp³-hybridized carbons (Fsp3) is 0.636. The van der Waals surface area contributed by atoms with Gasteiger partial charge in [-0.15, -0.1) is 0 Å². The zero-order chi connectivity index (χ0) is 7.52. The highest BCUT2D eigenvalue weighted by Crippen LogP contribution is 2.34. The van der Waals surface area contributed by atoms with E-state index in [2.05, 4.69) is 18.2 Å². The molecule has 0 radical (unpaired) electrons. The zero-order valence-corrected chi connectivity index (χ0v) is 7.05. The normalized spacial score (nSPS) is 25.6. The summed E-state index contributed by atoms with van der Waals surface area (Å²) in [5, 5.41) is 0. The van der Waals surface area contributed by atoms with Crippen LogP contribution >= 0.6 is 0 Å². The molecule has 0 nitrogen and oxygen atoms in total. The third-order valence-corrected chi connectivity index (χ3v) is 2.93. The monoisotopic (exact) mass is 148 g/mol. The highest BCUT2D eigenvalue weighted by atomic mass is 14.2. The number of allylic oxidation sites excluding steroid dienone is 4. The molecule has 2 aliphatic carbocycles. The number of hydrogen-bond donors (Lipinski definition) is 0. The molecule has 0 amide bonds. The van der Waals surface area contributed by atoms with Crippen LogP contribution in [0.3, 0.4) is 0 Å². The topological polar surface area (TPSA) is 0 Å². The van der Waals surface area contributed by atoms with Gasteiger partial charge in [-0.1, -0.05) is 36.6 Å². The van der Waals surface area contributed by atoms with Gasteiger partial charge in [0.1, 0.15) is 0 Å². The van der Waals surface area contributed by atoms with Crippen molar-refractivity contribution in [3.8, 4) is 0 Å². The fourth-order valence-corrected chi connectivity index (χ4v) is 2.26. The van der Waals surface area contributed by atoms with Crippen molar-refractivity contribution in [2.24, 2.45) is 5.92 Å². The van der Waals surface area contributed by atoms with E-state index in [1.165, 1.54) is 38.5 Å². The second-order valence-corrected chi connectivity index (χ2v) is 3.69. The van der Waals surface area contributed by atoms with Crippen molar-refractivity contribution in [2.45, 2.75) is 38.5 Å². The van der Waals surface area contributed by atoms with Gasteiger partial charge >= 0.3 is 0 Å². The van der Waals surface area contributed by atoms with E-state index in [4.69, 9.17) is 0 Å². The van der Waals surface area contributed by atoms with Crippen LogP contribution in [-0.2, 0) is 0 Å². The van der Waals surface area contributed by atoms with Crippen LogP contribution in [0.1, 0.15) is 38.5 Å². The molecule has 2 aliphatic rings. The van der Waals surface area contributed by atoms with Crippen molar-refractivity contribution >= 4 is 0 Å². The second kappa shape index (κ2) is 3.25. The molecule has 0 aromatic rings. The van der Waals surface area contributed by atoms with E-state index < -0.39 is 0 Å². The van der Waals surface area contributed by atoms with Gasteiger partial charge in [-0.2, -0.15) is 0 Å². The van der Waals surface area contributed by atoms with E-state index in [-0.39, 0.29) is 0 Å². The van der Waals surface area contributed by atoms with Gasteiger partial charge < -0.3 is 0 Å². The summed E-state index contributed by atoms with van der Waals surface area (Å²) in [4.78, 5) is 0.